The van der Waals surface area contributed by atoms with Crippen LogP contribution in [0.1, 0.15) is 52.7 Å². The van der Waals surface area contributed by atoms with E-state index in [1.165, 1.54) is 60.7 Å². The lowest BCUT2D eigenvalue weighted by Crippen LogP contribution is -2.35. The topological polar surface area (TPSA) is 87.3 Å². The summed E-state index contributed by atoms with van der Waals surface area (Å²) in [5, 5.41) is 7.39. The van der Waals surface area contributed by atoms with Gasteiger partial charge in [-0.05, 0) is 115 Å². The lowest BCUT2D eigenvalue weighted by Gasteiger charge is -2.43. The van der Waals surface area contributed by atoms with Gasteiger partial charge in [0.25, 0.3) is 15.9 Å². The van der Waals surface area contributed by atoms with Crippen molar-refractivity contribution in [3.63, 3.8) is 0 Å². The average Bonchev–Trinajstić information content (AvgIpc) is 3.60. The van der Waals surface area contributed by atoms with E-state index in [1.54, 1.807) is 12.1 Å². The van der Waals surface area contributed by atoms with Crippen molar-refractivity contribution >= 4 is 56.2 Å². The molecule has 0 aromatic heterocycles. The van der Waals surface area contributed by atoms with Crippen LogP contribution < -0.4 is 15.4 Å². The summed E-state index contributed by atoms with van der Waals surface area (Å²) >= 11 is 12.0. The molecule has 1 aliphatic heterocycles. The molecular formula is C33H29Cl2N3O3S. The highest BCUT2D eigenvalue weighted by Gasteiger charge is 2.53. The summed E-state index contributed by atoms with van der Waals surface area (Å²) in [4.78, 5) is 13.4. The van der Waals surface area contributed by atoms with Gasteiger partial charge in [-0.2, -0.15) is 0 Å². The second kappa shape index (κ2) is 10.6. The Morgan fingerprint density at radius 3 is 2.26 bits per heavy atom. The summed E-state index contributed by atoms with van der Waals surface area (Å²) in [5.41, 5.74) is 5.02. The van der Waals surface area contributed by atoms with Crippen LogP contribution >= 0.6 is 23.2 Å². The van der Waals surface area contributed by atoms with E-state index < -0.39 is 10.0 Å². The summed E-state index contributed by atoms with van der Waals surface area (Å²) in [5.74, 6) is 2.07. The third-order valence-electron chi connectivity index (χ3n) is 9.05. The van der Waals surface area contributed by atoms with Crippen LogP contribution in [0.4, 0.5) is 17.1 Å². The van der Waals surface area contributed by atoms with Crippen molar-refractivity contribution in [3.05, 3.63) is 118 Å². The molecule has 214 valence electrons. The number of anilines is 3. The van der Waals surface area contributed by atoms with Gasteiger partial charge in [-0.1, -0.05) is 53.5 Å². The molecule has 2 aliphatic carbocycles. The second-order valence-corrected chi connectivity index (χ2v) is 14.1. The minimum absolute atomic E-state index is 0.0479. The van der Waals surface area contributed by atoms with Gasteiger partial charge in [-0.15, -0.1) is 0 Å². The van der Waals surface area contributed by atoms with Crippen LogP contribution in [0.5, 0.6) is 0 Å². The Bertz CT molecular complexity index is 1760. The smallest absolute Gasteiger partial charge is 0.261 e. The van der Waals surface area contributed by atoms with Crippen molar-refractivity contribution in [2.75, 3.05) is 15.4 Å². The minimum atomic E-state index is -3.88. The number of carbonyl (C=O) groups excluding carboxylic acids is 1. The number of halogens is 2. The monoisotopic (exact) mass is 617 g/mol. The first kappa shape index (κ1) is 27.3. The molecule has 4 aromatic carbocycles. The van der Waals surface area contributed by atoms with E-state index >= 15 is 0 Å². The molecule has 1 heterocycles. The summed E-state index contributed by atoms with van der Waals surface area (Å²) in [7, 11) is -3.88. The number of fused-ring (bicyclic) bond motifs is 7. The first-order valence-electron chi connectivity index (χ1n) is 14.1. The Balaban J connectivity index is 1.10. The average molecular weight is 619 g/mol. The molecule has 2 fully saturated rings. The van der Waals surface area contributed by atoms with Crippen molar-refractivity contribution in [2.45, 2.75) is 36.1 Å². The lowest BCUT2D eigenvalue weighted by atomic mass is 9.68. The van der Waals surface area contributed by atoms with Crippen molar-refractivity contribution in [2.24, 2.45) is 17.8 Å². The van der Waals surface area contributed by atoms with E-state index in [-0.39, 0.29) is 22.5 Å². The molecule has 4 aromatic rings. The highest BCUT2D eigenvalue weighted by molar-refractivity contribution is 7.92. The Hall–Kier alpha value is -3.52. The third-order valence-corrected chi connectivity index (χ3v) is 10.9. The second-order valence-electron chi connectivity index (χ2n) is 11.5. The summed E-state index contributed by atoms with van der Waals surface area (Å²) < 4.78 is 28.3. The summed E-state index contributed by atoms with van der Waals surface area (Å²) in [6, 6.07) is 27.5. The van der Waals surface area contributed by atoms with Gasteiger partial charge in [-0.25, -0.2) is 8.42 Å². The normalized spacial score (nSPS) is 23.9. The molecule has 3 aliphatic rings. The summed E-state index contributed by atoms with van der Waals surface area (Å²) in [6.07, 6.45) is 3.78. The number of carbonyl (C=O) groups is 1. The zero-order chi connectivity index (χ0) is 29.0. The van der Waals surface area contributed by atoms with Gasteiger partial charge < -0.3 is 10.6 Å². The Kier molecular flexibility index (Phi) is 6.92. The molecule has 5 atom stereocenters. The van der Waals surface area contributed by atoms with Crippen LogP contribution in [0.15, 0.2) is 95.9 Å². The number of nitrogens with one attached hydrogen (secondary N) is 3. The van der Waals surface area contributed by atoms with Crippen molar-refractivity contribution in [1.82, 2.24) is 0 Å². The maximum atomic E-state index is 13.3. The highest BCUT2D eigenvalue weighted by Crippen LogP contribution is 2.63. The van der Waals surface area contributed by atoms with Crippen molar-refractivity contribution in [3.8, 4) is 0 Å². The zero-order valence-electron chi connectivity index (χ0n) is 22.6. The molecule has 0 saturated heterocycles. The molecule has 0 radical (unpaired) electrons. The highest BCUT2D eigenvalue weighted by atomic mass is 35.5. The van der Waals surface area contributed by atoms with Gasteiger partial charge in [0.15, 0.2) is 0 Å². The fraction of sp³-hybridized carbons (Fsp3) is 0.242. The molecule has 2 bridgehead atoms. The van der Waals surface area contributed by atoms with E-state index in [9.17, 15) is 13.2 Å². The van der Waals surface area contributed by atoms with E-state index in [0.717, 1.165) is 5.69 Å². The van der Waals surface area contributed by atoms with Crippen LogP contribution in [-0.4, -0.2) is 14.3 Å². The van der Waals surface area contributed by atoms with E-state index in [1.807, 2.05) is 12.1 Å². The molecule has 3 N–H and O–H groups in total. The van der Waals surface area contributed by atoms with Crippen molar-refractivity contribution < 1.29 is 13.2 Å². The number of hydrogen-bond donors (Lipinski definition) is 3. The van der Waals surface area contributed by atoms with Crippen LogP contribution in [0, 0.1) is 17.8 Å². The number of rotatable bonds is 6. The van der Waals surface area contributed by atoms with Crippen LogP contribution in [0.2, 0.25) is 10.0 Å². The predicted molar refractivity (Wildman–Crippen MR) is 168 cm³/mol. The van der Waals surface area contributed by atoms with Gasteiger partial charge in [0.1, 0.15) is 0 Å². The number of hydrogen-bond acceptors (Lipinski definition) is 4. The Morgan fingerprint density at radius 2 is 1.52 bits per heavy atom. The third kappa shape index (κ3) is 5.04. The van der Waals surface area contributed by atoms with Crippen LogP contribution in [0.3, 0.4) is 0 Å². The van der Waals surface area contributed by atoms with Gasteiger partial charge in [0.2, 0.25) is 0 Å². The van der Waals surface area contributed by atoms with Gasteiger partial charge in [0, 0.05) is 27.0 Å². The molecule has 1 amide bonds. The Labute approximate surface area is 255 Å². The number of amides is 1. The maximum absolute atomic E-state index is 13.3. The largest absolute Gasteiger partial charge is 0.378 e. The van der Waals surface area contributed by atoms with Crippen LogP contribution in [0.25, 0.3) is 0 Å². The standard InChI is InChI=1S/C33H29Cl2N3O3S/c34-23-16-24(35)18-26(17-23)38-42(40,41)27-11-9-25(10-12-27)36-33(39)22-8-13-29-28(15-22)30-20-6-7-21(14-20)31(30)32(37-29)19-4-2-1-3-5-19/h1-5,8-13,15-18,20-21,30-32,37-38H,6-7,14H2,(H,36,39)/t20-,21-,30-,31-,32+/m0/s1. The van der Waals surface area contributed by atoms with Gasteiger partial charge >= 0.3 is 0 Å². The van der Waals surface area contributed by atoms with Gasteiger partial charge in [0.05, 0.1) is 16.6 Å². The summed E-state index contributed by atoms with van der Waals surface area (Å²) in [6.45, 7) is 0. The molecule has 2 saturated carbocycles. The van der Waals surface area contributed by atoms with E-state index in [4.69, 9.17) is 23.2 Å². The van der Waals surface area contributed by atoms with E-state index in [2.05, 4.69) is 51.8 Å². The first-order chi connectivity index (χ1) is 20.2. The van der Waals surface area contributed by atoms with E-state index in [0.29, 0.717) is 45.0 Å². The molecule has 0 spiro atoms. The fourth-order valence-corrected chi connectivity index (χ4v) is 8.93. The zero-order valence-corrected chi connectivity index (χ0v) is 24.9. The quantitative estimate of drug-likeness (QED) is 0.203. The first-order valence-corrected chi connectivity index (χ1v) is 16.3. The number of benzene rings is 4. The molecule has 9 heteroatoms. The van der Waals surface area contributed by atoms with Crippen molar-refractivity contribution in [1.29, 1.82) is 0 Å². The SMILES string of the molecule is O=C(Nc1ccc(S(=O)(=O)Nc2cc(Cl)cc(Cl)c2)cc1)c1ccc2c(c1)[C@@H]1[C@H]3CC[C@@H](C3)[C@@H]1[C@@H](c1ccccc1)N2. The molecule has 42 heavy (non-hydrogen) atoms. The number of sulfonamides is 1. The lowest BCUT2D eigenvalue weighted by molar-refractivity contribution is 0.102. The molecule has 0 unspecified atom stereocenters. The molecular weight excluding hydrogens is 589 g/mol. The van der Waals surface area contributed by atoms with Crippen LogP contribution in [-0.2, 0) is 10.0 Å². The van der Waals surface area contributed by atoms with Gasteiger partial charge in [-0.3, -0.25) is 9.52 Å². The molecule has 7 rings (SSSR count). The minimum Gasteiger partial charge on any atom is -0.378 e. The molecule has 6 nitrogen and oxygen atoms in total. The fourth-order valence-electron chi connectivity index (χ4n) is 7.37. The Morgan fingerprint density at radius 1 is 0.810 bits per heavy atom. The predicted octanol–water partition coefficient (Wildman–Crippen LogP) is 8.34. The maximum Gasteiger partial charge on any atom is 0.261 e.